The van der Waals surface area contributed by atoms with E-state index >= 15 is 0 Å². The van der Waals surface area contributed by atoms with Gasteiger partial charge in [-0.25, -0.2) is 13.1 Å². The zero-order valence-electron chi connectivity index (χ0n) is 14.7. The van der Waals surface area contributed by atoms with Gasteiger partial charge in [-0.1, -0.05) is 44.2 Å². The van der Waals surface area contributed by atoms with E-state index in [0.29, 0.717) is 18.0 Å². The number of hydrogen-bond donors (Lipinski definition) is 2. The van der Waals surface area contributed by atoms with Crippen LogP contribution in [0.5, 0.6) is 0 Å². The fourth-order valence-corrected chi connectivity index (χ4v) is 3.82. The Morgan fingerprint density at radius 3 is 2.12 bits per heavy atom. The third-order valence-corrected chi connectivity index (χ3v) is 5.18. The summed E-state index contributed by atoms with van der Waals surface area (Å²) in [6, 6.07) is 15.4. The lowest BCUT2D eigenvalue weighted by Crippen LogP contribution is -2.29. The van der Waals surface area contributed by atoms with Crippen molar-refractivity contribution in [3.05, 3.63) is 60.2 Å². The van der Waals surface area contributed by atoms with Gasteiger partial charge in [-0.15, -0.1) is 0 Å². The zero-order valence-corrected chi connectivity index (χ0v) is 15.5. The molecule has 2 aromatic carbocycles. The minimum atomic E-state index is -3.66. The highest BCUT2D eigenvalue weighted by molar-refractivity contribution is 7.89. The summed E-state index contributed by atoms with van der Waals surface area (Å²) in [6.45, 7) is 5.53. The number of rotatable bonds is 7. The van der Waals surface area contributed by atoms with Crippen LogP contribution in [-0.4, -0.2) is 14.3 Å². The fraction of sp³-hybridized carbons (Fsp3) is 0.316. The number of carbonyl (C=O) groups is 1. The Hall–Kier alpha value is -2.18. The minimum absolute atomic E-state index is 0.172. The van der Waals surface area contributed by atoms with Gasteiger partial charge in [0.1, 0.15) is 0 Å². The third-order valence-electron chi connectivity index (χ3n) is 3.69. The molecule has 2 rings (SSSR count). The number of sulfonamides is 1. The summed E-state index contributed by atoms with van der Waals surface area (Å²) in [4.78, 5) is 11.2. The van der Waals surface area contributed by atoms with Crippen LogP contribution in [0.2, 0.25) is 0 Å². The van der Waals surface area contributed by atoms with Crippen molar-refractivity contribution in [2.45, 2.75) is 38.1 Å². The van der Waals surface area contributed by atoms with E-state index in [9.17, 15) is 13.2 Å². The molecule has 134 valence electrons. The largest absolute Gasteiger partial charge is 0.326 e. The molecule has 0 fully saturated rings. The van der Waals surface area contributed by atoms with Gasteiger partial charge in [0, 0.05) is 18.7 Å². The highest BCUT2D eigenvalue weighted by Gasteiger charge is 2.22. The summed E-state index contributed by atoms with van der Waals surface area (Å²) >= 11 is 0. The average molecular weight is 360 g/mol. The molecular weight excluding hydrogens is 336 g/mol. The van der Waals surface area contributed by atoms with Gasteiger partial charge in [0.25, 0.3) is 0 Å². The first-order valence-electron chi connectivity index (χ1n) is 8.23. The molecular formula is C19H24N2O3S. The molecule has 0 heterocycles. The van der Waals surface area contributed by atoms with E-state index in [1.807, 2.05) is 30.3 Å². The summed E-state index contributed by atoms with van der Waals surface area (Å²) in [6.07, 6.45) is 0.702. The quantitative estimate of drug-likeness (QED) is 0.790. The summed E-state index contributed by atoms with van der Waals surface area (Å²) in [5, 5.41) is 2.62. The van der Waals surface area contributed by atoms with Crippen LogP contribution in [0.15, 0.2) is 59.5 Å². The molecule has 0 radical (unpaired) electrons. The minimum Gasteiger partial charge on any atom is -0.326 e. The summed E-state index contributed by atoms with van der Waals surface area (Å²) in [7, 11) is -3.66. The average Bonchev–Trinajstić information content (AvgIpc) is 2.54. The smallest absolute Gasteiger partial charge is 0.241 e. The molecule has 0 saturated carbocycles. The lowest BCUT2D eigenvalue weighted by molar-refractivity contribution is -0.114. The van der Waals surface area contributed by atoms with Crippen LogP contribution in [0.25, 0.3) is 0 Å². The van der Waals surface area contributed by atoms with E-state index in [0.717, 1.165) is 5.56 Å². The van der Waals surface area contributed by atoms with Crippen molar-refractivity contribution in [2.75, 3.05) is 5.32 Å². The first-order valence-corrected chi connectivity index (χ1v) is 9.71. The van der Waals surface area contributed by atoms with Crippen molar-refractivity contribution in [1.82, 2.24) is 4.72 Å². The number of benzene rings is 2. The van der Waals surface area contributed by atoms with Crippen molar-refractivity contribution < 1.29 is 13.2 Å². The third kappa shape index (κ3) is 5.69. The number of nitrogens with one attached hydrogen (secondary N) is 2. The molecule has 0 aliphatic carbocycles. The predicted molar refractivity (Wildman–Crippen MR) is 99.7 cm³/mol. The van der Waals surface area contributed by atoms with Crippen molar-refractivity contribution >= 4 is 21.6 Å². The van der Waals surface area contributed by atoms with E-state index in [-0.39, 0.29) is 16.8 Å². The predicted octanol–water partition coefficient (Wildman–Crippen LogP) is 3.71. The fourth-order valence-electron chi connectivity index (χ4n) is 2.58. The maximum absolute atomic E-state index is 12.7. The van der Waals surface area contributed by atoms with E-state index in [1.54, 1.807) is 12.1 Å². The second-order valence-corrected chi connectivity index (χ2v) is 8.13. The molecule has 0 aliphatic rings. The molecule has 0 unspecified atom stereocenters. The van der Waals surface area contributed by atoms with Gasteiger partial charge < -0.3 is 5.32 Å². The first-order chi connectivity index (χ1) is 11.8. The monoisotopic (exact) mass is 360 g/mol. The van der Waals surface area contributed by atoms with E-state index in [2.05, 4.69) is 23.9 Å². The highest BCUT2D eigenvalue weighted by atomic mass is 32.2. The van der Waals surface area contributed by atoms with Crippen LogP contribution < -0.4 is 10.0 Å². The molecule has 0 spiro atoms. The van der Waals surface area contributed by atoms with Gasteiger partial charge in [-0.2, -0.15) is 0 Å². The summed E-state index contributed by atoms with van der Waals surface area (Å²) < 4.78 is 28.3. The number of carbonyl (C=O) groups excluding carboxylic acids is 1. The first kappa shape index (κ1) is 19.1. The normalized spacial score (nSPS) is 12.8. The van der Waals surface area contributed by atoms with E-state index in [1.165, 1.54) is 19.1 Å². The zero-order chi connectivity index (χ0) is 18.4. The summed E-state index contributed by atoms with van der Waals surface area (Å²) in [5.74, 6) is 0.143. The van der Waals surface area contributed by atoms with Crippen molar-refractivity contribution in [3.8, 4) is 0 Å². The Morgan fingerprint density at radius 2 is 1.60 bits per heavy atom. The van der Waals surface area contributed by atoms with Crippen LogP contribution in [0.3, 0.4) is 0 Å². The van der Waals surface area contributed by atoms with Gasteiger partial charge in [0.2, 0.25) is 15.9 Å². The summed E-state index contributed by atoms with van der Waals surface area (Å²) in [5.41, 5.74) is 1.50. The number of amides is 1. The SMILES string of the molecule is CC(=O)Nc1ccc(S(=O)(=O)N[C@@H](CC(C)C)c2ccccc2)cc1. The molecule has 5 nitrogen and oxygen atoms in total. The molecule has 2 aromatic rings. The highest BCUT2D eigenvalue weighted by Crippen LogP contribution is 2.24. The van der Waals surface area contributed by atoms with Gasteiger partial charge in [0.05, 0.1) is 4.90 Å². The Balaban J connectivity index is 2.23. The van der Waals surface area contributed by atoms with E-state index in [4.69, 9.17) is 0 Å². The Morgan fingerprint density at radius 1 is 1.00 bits per heavy atom. The number of hydrogen-bond acceptors (Lipinski definition) is 3. The Kier molecular flexibility index (Phi) is 6.33. The molecule has 25 heavy (non-hydrogen) atoms. The van der Waals surface area contributed by atoms with Gasteiger partial charge in [0.15, 0.2) is 0 Å². The molecule has 6 heteroatoms. The number of anilines is 1. The van der Waals surface area contributed by atoms with Gasteiger partial charge in [-0.3, -0.25) is 4.79 Å². The maximum Gasteiger partial charge on any atom is 0.241 e. The van der Waals surface area contributed by atoms with Crippen LogP contribution >= 0.6 is 0 Å². The second-order valence-electron chi connectivity index (χ2n) is 6.42. The molecule has 1 atom stereocenters. The van der Waals surface area contributed by atoms with E-state index < -0.39 is 10.0 Å². The lowest BCUT2D eigenvalue weighted by Gasteiger charge is -2.21. The maximum atomic E-state index is 12.7. The Labute approximate surface area is 149 Å². The lowest BCUT2D eigenvalue weighted by atomic mass is 9.98. The standard InChI is InChI=1S/C19H24N2O3S/c1-14(2)13-19(16-7-5-4-6-8-16)21-25(23,24)18-11-9-17(10-12-18)20-15(3)22/h4-12,14,19,21H,13H2,1-3H3,(H,20,22)/t19-/m0/s1. The van der Waals surface area contributed by atoms with Gasteiger partial charge >= 0.3 is 0 Å². The van der Waals surface area contributed by atoms with Crippen LogP contribution in [0.4, 0.5) is 5.69 Å². The molecule has 0 aromatic heterocycles. The molecule has 0 aliphatic heterocycles. The van der Waals surface area contributed by atoms with Gasteiger partial charge in [-0.05, 0) is 42.2 Å². The van der Waals surface area contributed by atoms with Crippen molar-refractivity contribution in [2.24, 2.45) is 5.92 Å². The van der Waals surface area contributed by atoms with Crippen LogP contribution in [-0.2, 0) is 14.8 Å². The van der Waals surface area contributed by atoms with Crippen molar-refractivity contribution in [3.63, 3.8) is 0 Å². The molecule has 0 saturated heterocycles. The van der Waals surface area contributed by atoms with Crippen molar-refractivity contribution in [1.29, 1.82) is 0 Å². The molecule has 1 amide bonds. The topological polar surface area (TPSA) is 75.3 Å². The van der Waals surface area contributed by atoms with Crippen LogP contribution in [0.1, 0.15) is 38.8 Å². The Bertz CT molecular complexity index is 800. The molecule has 2 N–H and O–H groups in total. The van der Waals surface area contributed by atoms with Crippen LogP contribution in [0, 0.1) is 5.92 Å². The second kappa shape index (κ2) is 8.27. The molecule has 0 bridgehead atoms.